The molecule has 2 aliphatic rings. The third kappa shape index (κ3) is 5.60. The van der Waals surface area contributed by atoms with Crippen LogP contribution in [0.3, 0.4) is 0 Å². The molecule has 184 valence electrons. The zero-order chi connectivity index (χ0) is 24.1. The highest BCUT2D eigenvalue weighted by molar-refractivity contribution is 5.82. The minimum atomic E-state index is -0.426. The van der Waals surface area contributed by atoms with E-state index in [0.29, 0.717) is 13.2 Å². The molecule has 4 rings (SSSR count). The highest BCUT2D eigenvalue weighted by atomic mass is 16.5. The minimum absolute atomic E-state index is 0.101. The Balaban J connectivity index is 1.58. The largest absolute Gasteiger partial charge is 0.453 e. The van der Waals surface area contributed by atoms with Crippen molar-refractivity contribution in [3.63, 3.8) is 0 Å². The highest BCUT2D eigenvalue weighted by Crippen LogP contribution is 2.36. The second kappa shape index (κ2) is 11.0. The lowest BCUT2D eigenvalue weighted by atomic mass is 10.1. The summed E-state index contributed by atoms with van der Waals surface area (Å²) in [4.78, 5) is 26.8. The van der Waals surface area contributed by atoms with Crippen LogP contribution in [-0.4, -0.2) is 59.1 Å². The summed E-state index contributed by atoms with van der Waals surface area (Å²) in [6.45, 7) is 5.33. The number of carbonyl (C=O) groups excluding carboxylic acids is 2. The van der Waals surface area contributed by atoms with Crippen molar-refractivity contribution in [3.05, 3.63) is 47.3 Å². The van der Waals surface area contributed by atoms with E-state index in [4.69, 9.17) is 9.84 Å². The maximum Gasteiger partial charge on any atom is 0.406 e. The molecular weight excluding hydrogens is 432 g/mol. The highest BCUT2D eigenvalue weighted by Gasteiger charge is 2.40. The van der Waals surface area contributed by atoms with Crippen molar-refractivity contribution in [3.8, 4) is 5.69 Å². The van der Waals surface area contributed by atoms with Crippen LogP contribution < -0.4 is 5.32 Å². The van der Waals surface area contributed by atoms with Gasteiger partial charge in [-0.3, -0.25) is 4.79 Å². The van der Waals surface area contributed by atoms with E-state index in [-0.39, 0.29) is 24.1 Å². The predicted molar refractivity (Wildman–Crippen MR) is 129 cm³/mol. The van der Waals surface area contributed by atoms with Crippen LogP contribution in [0.2, 0.25) is 0 Å². The molecule has 1 aliphatic heterocycles. The lowest BCUT2D eigenvalue weighted by Gasteiger charge is -2.33. The molecule has 2 aromatic rings. The SMILES string of the molecule is COC(=O)NCCCc1cc([C@@H](C)N(C(=O)[C@H]2CCCCO2)C2CC2)nn1-c1ccccc1C. The van der Waals surface area contributed by atoms with Gasteiger partial charge in [0.05, 0.1) is 24.5 Å². The molecule has 2 heterocycles. The van der Waals surface area contributed by atoms with Gasteiger partial charge in [-0.25, -0.2) is 9.48 Å². The monoisotopic (exact) mass is 468 g/mol. The Labute approximate surface area is 201 Å². The molecule has 1 N–H and O–H groups in total. The number of para-hydroxylation sites is 1. The lowest BCUT2D eigenvalue weighted by Crippen LogP contribution is -2.44. The van der Waals surface area contributed by atoms with E-state index < -0.39 is 6.09 Å². The summed E-state index contributed by atoms with van der Waals surface area (Å²) in [7, 11) is 1.36. The first-order valence-electron chi connectivity index (χ1n) is 12.4. The van der Waals surface area contributed by atoms with E-state index in [1.165, 1.54) is 7.11 Å². The summed E-state index contributed by atoms with van der Waals surface area (Å²) in [6, 6.07) is 10.4. The van der Waals surface area contributed by atoms with Crippen molar-refractivity contribution in [1.29, 1.82) is 0 Å². The summed E-state index contributed by atoms with van der Waals surface area (Å²) in [5.74, 6) is 0.101. The predicted octanol–water partition coefficient (Wildman–Crippen LogP) is 4.09. The van der Waals surface area contributed by atoms with Gasteiger partial charge in [0.1, 0.15) is 6.10 Å². The average molecular weight is 469 g/mol. The Bertz CT molecular complexity index is 994. The molecule has 2 fully saturated rings. The van der Waals surface area contributed by atoms with Crippen LogP contribution in [-0.2, 0) is 20.7 Å². The molecular formula is C26H36N4O4. The van der Waals surface area contributed by atoms with Gasteiger partial charge in [0.15, 0.2) is 0 Å². The number of hydrogen-bond donors (Lipinski definition) is 1. The number of alkyl carbamates (subject to hydrolysis) is 1. The van der Waals surface area contributed by atoms with Crippen LogP contribution in [0.4, 0.5) is 4.79 Å². The molecule has 8 heteroatoms. The first-order chi connectivity index (χ1) is 16.5. The number of aryl methyl sites for hydroxylation is 2. The summed E-state index contributed by atoms with van der Waals surface area (Å²) >= 11 is 0. The van der Waals surface area contributed by atoms with Crippen LogP contribution in [0.5, 0.6) is 0 Å². The lowest BCUT2D eigenvalue weighted by molar-refractivity contribution is -0.149. The number of nitrogens with zero attached hydrogens (tertiary/aromatic N) is 3. The van der Waals surface area contributed by atoms with Gasteiger partial charge < -0.3 is 19.7 Å². The molecule has 0 spiro atoms. The summed E-state index contributed by atoms with van der Waals surface area (Å²) in [6.07, 6.45) is 5.66. The third-order valence-corrected chi connectivity index (χ3v) is 6.71. The molecule has 0 unspecified atom stereocenters. The van der Waals surface area contributed by atoms with Crippen molar-refractivity contribution in [2.24, 2.45) is 0 Å². The van der Waals surface area contributed by atoms with Gasteiger partial charge in [-0.15, -0.1) is 0 Å². The van der Waals surface area contributed by atoms with Crippen LogP contribution in [0.25, 0.3) is 5.69 Å². The maximum atomic E-state index is 13.4. The van der Waals surface area contributed by atoms with E-state index in [1.54, 1.807) is 0 Å². The quantitative estimate of drug-likeness (QED) is 0.560. The normalized spacial score (nSPS) is 18.9. The molecule has 34 heavy (non-hydrogen) atoms. The number of amides is 2. The zero-order valence-corrected chi connectivity index (χ0v) is 20.5. The number of benzene rings is 1. The molecule has 1 aromatic carbocycles. The topological polar surface area (TPSA) is 85.7 Å². The van der Waals surface area contributed by atoms with Gasteiger partial charge in [-0.1, -0.05) is 18.2 Å². The van der Waals surface area contributed by atoms with Crippen molar-refractivity contribution >= 4 is 12.0 Å². The van der Waals surface area contributed by atoms with Gasteiger partial charge in [0.2, 0.25) is 0 Å². The van der Waals surface area contributed by atoms with Crippen molar-refractivity contribution < 1.29 is 19.1 Å². The Morgan fingerprint density at radius 2 is 2.06 bits per heavy atom. The third-order valence-electron chi connectivity index (χ3n) is 6.71. The maximum absolute atomic E-state index is 13.4. The fraction of sp³-hybridized carbons (Fsp3) is 0.577. The Hall–Kier alpha value is -2.87. The first kappa shape index (κ1) is 24.3. The number of hydrogen-bond acceptors (Lipinski definition) is 5. The molecule has 2 atom stereocenters. The molecule has 1 aliphatic carbocycles. The van der Waals surface area contributed by atoms with Crippen molar-refractivity contribution in [2.75, 3.05) is 20.3 Å². The van der Waals surface area contributed by atoms with Crippen LogP contribution in [0.1, 0.15) is 68.4 Å². The molecule has 0 bridgehead atoms. The number of nitrogens with one attached hydrogen (secondary N) is 1. The Kier molecular flexibility index (Phi) is 7.88. The molecule has 1 saturated carbocycles. The van der Waals surface area contributed by atoms with E-state index in [9.17, 15) is 9.59 Å². The van der Waals surface area contributed by atoms with Crippen LogP contribution in [0.15, 0.2) is 30.3 Å². The molecule has 2 amide bonds. The number of aromatic nitrogens is 2. The second-order valence-electron chi connectivity index (χ2n) is 9.29. The number of ether oxygens (including phenoxy) is 2. The average Bonchev–Trinajstić information content (AvgIpc) is 3.60. The zero-order valence-electron chi connectivity index (χ0n) is 20.5. The summed E-state index contributed by atoms with van der Waals surface area (Å²) < 4.78 is 12.5. The fourth-order valence-electron chi connectivity index (χ4n) is 4.65. The van der Waals surface area contributed by atoms with Gasteiger partial charge in [-0.2, -0.15) is 5.10 Å². The van der Waals surface area contributed by atoms with Crippen LogP contribution >= 0.6 is 0 Å². The van der Waals surface area contributed by atoms with Gasteiger partial charge in [0, 0.05) is 24.9 Å². The van der Waals surface area contributed by atoms with Crippen molar-refractivity contribution in [1.82, 2.24) is 20.0 Å². The molecule has 1 aromatic heterocycles. The smallest absolute Gasteiger partial charge is 0.406 e. The molecule has 1 saturated heterocycles. The Morgan fingerprint density at radius 3 is 2.74 bits per heavy atom. The first-order valence-corrected chi connectivity index (χ1v) is 12.4. The van der Waals surface area contributed by atoms with Crippen LogP contribution in [0, 0.1) is 6.92 Å². The van der Waals surface area contributed by atoms with E-state index in [2.05, 4.69) is 42.1 Å². The molecule has 8 nitrogen and oxygen atoms in total. The standard InChI is InChI=1S/C26H36N4O4/c1-18-9-4-5-11-23(18)30-21(10-8-15-27-26(32)33-3)17-22(28-30)19(2)29(20-13-14-20)25(31)24-12-6-7-16-34-24/h4-5,9,11,17,19-20,24H,6-8,10,12-16H2,1-3H3,(H,27,32)/t19-,24-/m1/s1. The van der Waals surface area contributed by atoms with E-state index in [1.807, 2.05) is 21.7 Å². The fourth-order valence-corrected chi connectivity index (χ4v) is 4.65. The second-order valence-corrected chi connectivity index (χ2v) is 9.29. The van der Waals surface area contributed by atoms with Gasteiger partial charge in [0.25, 0.3) is 5.91 Å². The number of carbonyl (C=O) groups is 2. The van der Waals surface area contributed by atoms with Gasteiger partial charge >= 0.3 is 6.09 Å². The van der Waals surface area contributed by atoms with Crippen molar-refractivity contribution in [2.45, 2.75) is 77.0 Å². The minimum Gasteiger partial charge on any atom is -0.453 e. The number of rotatable bonds is 9. The van der Waals surface area contributed by atoms with E-state index in [0.717, 1.165) is 67.6 Å². The molecule has 0 radical (unpaired) electrons. The van der Waals surface area contributed by atoms with Gasteiger partial charge in [-0.05, 0) is 76.5 Å². The Morgan fingerprint density at radius 1 is 1.26 bits per heavy atom. The summed E-state index contributed by atoms with van der Waals surface area (Å²) in [5.41, 5.74) is 4.09. The summed E-state index contributed by atoms with van der Waals surface area (Å²) in [5, 5.41) is 7.74. The van der Waals surface area contributed by atoms with E-state index >= 15 is 0 Å². The number of methoxy groups -OCH3 is 1.